The van der Waals surface area contributed by atoms with Crippen molar-refractivity contribution in [2.45, 2.75) is 116 Å². The van der Waals surface area contributed by atoms with Gasteiger partial charge in [-0.25, -0.2) is 4.79 Å². The smallest absolute Gasteiger partial charge is 0.348 e. The van der Waals surface area contributed by atoms with Gasteiger partial charge in [0.05, 0.1) is 0 Å². The number of carbonyl (C=O) groups is 1. The molecule has 1 rings (SSSR count). The third kappa shape index (κ3) is 9.89. The van der Waals surface area contributed by atoms with Gasteiger partial charge < -0.3 is 9.84 Å². The normalized spacial score (nSPS) is 11.6. The summed E-state index contributed by atoms with van der Waals surface area (Å²) in [5.41, 5.74) is -0.261. The fourth-order valence-corrected chi connectivity index (χ4v) is 4.03. The quantitative estimate of drug-likeness (QED) is 0.255. The summed E-state index contributed by atoms with van der Waals surface area (Å²) in [6.45, 7) is 6.33. The molecular weight excluding hydrogens is 384 g/mol. The van der Waals surface area contributed by atoms with Crippen LogP contribution in [0.5, 0.6) is 5.75 Å². The number of rotatable bonds is 17. The summed E-state index contributed by atoms with van der Waals surface area (Å²) in [4.78, 5) is 12.4. The number of hydrogen-bond acceptors (Lipinski definition) is 2. The number of ether oxygens (including phenoxy) is 1. The highest BCUT2D eigenvalue weighted by atomic mass is 35.5. The Hall–Kier alpha value is -1.22. The molecule has 29 heavy (non-hydrogen) atoms. The van der Waals surface area contributed by atoms with Gasteiger partial charge in [-0.2, -0.15) is 0 Å². The highest BCUT2D eigenvalue weighted by Gasteiger charge is 2.40. The Labute approximate surface area is 183 Å². The predicted molar refractivity (Wildman–Crippen MR) is 123 cm³/mol. The SMILES string of the molecule is CCCCCCCCC(CCCCCCCC)(Oc1ccc(Cl)cc1C)C(=O)O. The van der Waals surface area contributed by atoms with Gasteiger partial charge in [0, 0.05) is 5.02 Å². The van der Waals surface area contributed by atoms with Crippen molar-refractivity contribution >= 4 is 17.6 Å². The summed E-state index contributed by atoms with van der Waals surface area (Å²) >= 11 is 6.07. The summed E-state index contributed by atoms with van der Waals surface area (Å²) in [6, 6.07) is 5.41. The summed E-state index contributed by atoms with van der Waals surface area (Å²) in [5.74, 6) is -0.206. The van der Waals surface area contributed by atoms with Gasteiger partial charge in [0.1, 0.15) is 5.75 Å². The van der Waals surface area contributed by atoms with Gasteiger partial charge in [-0.1, -0.05) is 89.7 Å². The first-order chi connectivity index (χ1) is 13.9. The molecule has 0 saturated heterocycles. The second kappa shape index (κ2) is 14.7. The van der Waals surface area contributed by atoms with Gasteiger partial charge in [-0.15, -0.1) is 0 Å². The lowest BCUT2D eigenvalue weighted by molar-refractivity contribution is -0.157. The average molecular weight is 425 g/mol. The molecule has 0 atom stereocenters. The van der Waals surface area contributed by atoms with Gasteiger partial charge >= 0.3 is 5.97 Å². The van der Waals surface area contributed by atoms with Crippen LogP contribution >= 0.6 is 11.6 Å². The lowest BCUT2D eigenvalue weighted by Crippen LogP contribution is -2.45. The van der Waals surface area contributed by atoms with Crippen molar-refractivity contribution in [1.82, 2.24) is 0 Å². The van der Waals surface area contributed by atoms with Crippen LogP contribution in [0.15, 0.2) is 18.2 Å². The monoisotopic (exact) mass is 424 g/mol. The Morgan fingerprint density at radius 1 is 0.897 bits per heavy atom. The average Bonchev–Trinajstić information content (AvgIpc) is 2.68. The van der Waals surface area contributed by atoms with Crippen LogP contribution in [0.2, 0.25) is 5.02 Å². The van der Waals surface area contributed by atoms with Gasteiger partial charge in [0.2, 0.25) is 5.60 Å². The van der Waals surface area contributed by atoms with Crippen molar-refractivity contribution in [2.75, 3.05) is 0 Å². The molecule has 0 aliphatic carbocycles. The zero-order valence-electron chi connectivity index (χ0n) is 18.8. The summed E-state index contributed by atoms with van der Waals surface area (Å²) < 4.78 is 6.25. The van der Waals surface area contributed by atoms with Crippen LogP contribution in [-0.2, 0) is 4.79 Å². The summed E-state index contributed by atoms with van der Waals surface area (Å²) in [5, 5.41) is 10.8. The number of aliphatic carboxylic acids is 1. The highest BCUT2D eigenvalue weighted by Crippen LogP contribution is 2.33. The third-order valence-electron chi connectivity index (χ3n) is 5.70. The third-order valence-corrected chi connectivity index (χ3v) is 5.94. The second-order valence-corrected chi connectivity index (χ2v) is 8.78. The first-order valence-electron chi connectivity index (χ1n) is 11.6. The molecule has 0 heterocycles. The fourth-order valence-electron chi connectivity index (χ4n) is 3.80. The van der Waals surface area contributed by atoms with E-state index in [9.17, 15) is 9.90 Å². The van der Waals surface area contributed by atoms with E-state index in [-0.39, 0.29) is 0 Å². The van der Waals surface area contributed by atoms with E-state index >= 15 is 0 Å². The number of benzene rings is 1. The van der Waals surface area contributed by atoms with Crippen LogP contribution in [0, 0.1) is 6.92 Å². The van der Waals surface area contributed by atoms with E-state index in [0.717, 1.165) is 31.2 Å². The first-order valence-corrected chi connectivity index (χ1v) is 12.0. The minimum atomic E-state index is -1.14. The molecule has 0 aliphatic heterocycles. The second-order valence-electron chi connectivity index (χ2n) is 8.35. The Morgan fingerprint density at radius 2 is 1.38 bits per heavy atom. The van der Waals surface area contributed by atoms with Crippen molar-refractivity contribution in [3.8, 4) is 5.75 Å². The zero-order valence-corrected chi connectivity index (χ0v) is 19.5. The molecule has 0 fully saturated rings. The standard InChI is InChI=1S/C25H41ClO3/c1-4-6-8-10-12-14-18-25(24(27)28,19-15-13-11-9-7-5-2)29-23-17-16-22(26)20-21(23)3/h16-17,20H,4-15,18-19H2,1-3H3,(H,27,28). The molecule has 0 amide bonds. The predicted octanol–water partition coefficient (Wildman–Crippen LogP) is 8.35. The molecule has 0 unspecified atom stereocenters. The van der Waals surface area contributed by atoms with Gasteiger partial charge in [-0.3, -0.25) is 0 Å². The molecule has 0 bridgehead atoms. The number of unbranched alkanes of at least 4 members (excludes halogenated alkanes) is 10. The maximum atomic E-state index is 12.4. The van der Waals surface area contributed by atoms with E-state index in [4.69, 9.17) is 16.3 Å². The molecule has 166 valence electrons. The van der Waals surface area contributed by atoms with Crippen LogP contribution < -0.4 is 4.74 Å². The topological polar surface area (TPSA) is 46.5 Å². The summed E-state index contributed by atoms with van der Waals surface area (Å²) in [6.07, 6.45) is 14.8. The Bertz CT molecular complexity index is 569. The molecule has 1 aromatic rings. The lowest BCUT2D eigenvalue weighted by atomic mass is 9.89. The number of aryl methyl sites for hydroxylation is 1. The number of halogens is 1. The molecule has 4 heteroatoms. The van der Waals surface area contributed by atoms with Crippen molar-refractivity contribution in [2.24, 2.45) is 0 Å². The molecule has 0 radical (unpaired) electrons. The summed E-state index contributed by atoms with van der Waals surface area (Å²) in [7, 11) is 0. The molecule has 0 aliphatic rings. The zero-order chi connectivity index (χ0) is 21.5. The molecular formula is C25H41ClO3. The van der Waals surface area contributed by atoms with Gasteiger partial charge in [0.15, 0.2) is 0 Å². The number of hydrogen-bond donors (Lipinski definition) is 1. The molecule has 0 saturated carbocycles. The molecule has 0 aromatic heterocycles. The Kier molecular flexibility index (Phi) is 13.1. The van der Waals surface area contributed by atoms with E-state index in [1.54, 1.807) is 12.1 Å². The largest absolute Gasteiger partial charge is 0.478 e. The first kappa shape index (κ1) is 25.8. The highest BCUT2D eigenvalue weighted by molar-refractivity contribution is 6.30. The van der Waals surface area contributed by atoms with Crippen LogP contribution in [-0.4, -0.2) is 16.7 Å². The van der Waals surface area contributed by atoms with Gasteiger partial charge in [0.25, 0.3) is 0 Å². The van der Waals surface area contributed by atoms with Crippen LogP contribution in [0.3, 0.4) is 0 Å². The van der Waals surface area contributed by atoms with Crippen molar-refractivity contribution in [3.05, 3.63) is 28.8 Å². The van der Waals surface area contributed by atoms with E-state index in [2.05, 4.69) is 13.8 Å². The Balaban J connectivity index is 2.79. The van der Waals surface area contributed by atoms with E-state index in [1.807, 2.05) is 13.0 Å². The van der Waals surface area contributed by atoms with Crippen molar-refractivity contribution in [1.29, 1.82) is 0 Å². The van der Waals surface area contributed by atoms with E-state index in [0.29, 0.717) is 23.6 Å². The van der Waals surface area contributed by atoms with Crippen LogP contribution in [0.25, 0.3) is 0 Å². The minimum absolute atomic E-state index is 0.561. The lowest BCUT2D eigenvalue weighted by Gasteiger charge is -2.31. The maximum Gasteiger partial charge on any atom is 0.348 e. The van der Waals surface area contributed by atoms with Crippen molar-refractivity contribution in [3.63, 3.8) is 0 Å². The molecule has 3 nitrogen and oxygen atoms in total. The van der Waals surface area contributed by atoms with Gasteiger partial charge in [-0.05, 0) is 56.4 Å². The van der Waals surface area contributed by atoms with Crippen LogP contribution in [0.4, 0.5) is 0 Å². The van der Waals surface area contributed by atoms with Crippen LogP contribution in [0.1, 0.15) is 109 Å². The molecule has 1 aromatic carbocycles. The molecule has 1 N–H and O–H groups in total. The minimum Gasteiger partial charge on any atom is -0.478 e. The van der Waals surface area contributed by atoms with Crippen molar-refractivity contribution < 1.29 is 14.6 Å². The Morgan fingerprint density at radius 3 is 1.83 bits per heavy atom. The number of carboxylic acids is 1. The van der Waals surface area contributed by atoms with E-state index < -0.39 is 11.6 Å². The maximum absolute atomic E-state index is 12.4. The van der Waals surface area contributed by atoms with E-state index in [1.165, 1.54) is 51.4 Å². The number of carboxylic acid groups (broad SMARTS) is 1. The molecule has 0 spiro atoms. The fraction of sp³-hybridized carbons (Fsp3) is 0.720.